The number of allylic oxidation sites excluding steroid dienone is 3. The Kier molecular flexibility index (Phi) is 10.3. The minimum Gasteiger partial charge on any atom is -0.438 e. The van der Waals surface area contributed by atoms with Gasteiger partial charge in [-0.25, -0.2) is 9.37 Å². The van der Waals surface area contributed by atoms with E-state index < -0.39 is 17.8 Å². The normalized spacial score (nSPS) is 22.2. The summed E-state index contributed by atoms with van der Waals surface area (Å²) in [6.45, 7) is 7.00. The summed E-state index contributed by atoms with van der Waals surface area (Å²) >= 11 is 0. The molecule has 2 N–H and O–H groups in total. The van der Waals surface area contributed by atoms with Crippen molar-refractivity contribution >= 4 is 17.6 Å². The van der Waals surface area contributed by atoms with Crippen molar-refractivity contribution in [3.63, 3.8) is 0 Å². The van der Waals surface area contributed by atoms with Gasteiger partial charge < -0.3 is 25.0 Å². The number of nitrogens with one attached hydrogen (secondary N) is 2. The van der Waals surface area contributed by atoms with Crippen molar-refractivity contribution < 1.29 is 23.5 Å². The Morgan fingerprint density at radius 2 is 1.78 bits per heavy atom. The van der Waals surface area contributed by atoms with Gasteiger partial charge in [0.2, 0.25) is 11.8 Å². The molecule has 3 aliphatic heterocycles. The number of amidine groups is 1. The standard InChI is InChI=1S/C39H43FN6O4/c1-26-5-2-8-36-44-35(25-46(26)36)38(48)43-32-15-13-31(14-16-32)42-37(47)34-22-30(40)23-41-39(34)50-33-7-3-6-29(21-33)28-11-9-27(10-12-28)24-45-17-4-19-49-20-18-45/h2-3,5-12,21-23,31-32,35H,4,13-20,24-25H2,1H3,(H,42,47)(H,43,48). The fraction of sp³-hybridized carbons (Fsp3) is 0.385. The second-order valence-corrected chi connectivity index (χ2v) is 13.4. The Labute approximate surface area is 292 Å². The number of halogens is 1. The Bertz CT molecular complexity index is 1790. The number of amides is 2. The number of ether oxygens (including phenoxy) is 2. The summed E-state index contributed by atoms with van der Waals surface area (Å²) in [4.78, 5) is 39.6. The van der Waals surface area contributed by atoms with E-state index in [0.717, 1.165) is 74.2 Å². The summed E-state index contributed by atoms with van der Waals surface area (Å²) in [6.07, 6.45) is 10.8. The van der Waals surface area contributed by atoms with Crippen LogP contribution in [0.4, 0.5) is 4.39 Å². The third kappa shape index (κ3) is 8.11. The number of carbonyl (C=O) groups is 2. The molecule has 2 aromatic carbocycles. The molecule has 0 radical (unpaired) electrons. The molecule has 11 heteroatoms. The van der Waals surface area contributed by atoms with Gasteiger partial charge in [-0.1, -0.05) is 42.5 Å². The number of rotatable bonds is 9. The molecule has 260 valence electrons. The molecule has 7 rings (SSSR count). The fourth-order valence-corrected chi connectivity index (χ4v) is 6.98. The smallest absolute Gasteiger partial charge is 0.257 e. The zero-order chi connectivity index (χ0) is 34.5. The third-order valence-electron chi connectivity index (χ3n) is 9.76. The molecular weight excluding hydrogens is 635 g/mol. The van der Waals surface area contributed by atoms with E-state index in [1.165, 1.54) is 5.56 Å². The van der Waals surface area contributed by atoms with Gasteiger partial charge in [-0.2, -0.15) is 0 Å². The lowest BCUT2D eigenvalue weighted by molar-refractivity contribution is -0.123. The molecule has 1 saturated heterocycles. The van der Waals surface area contributed by atoms with E-state index in [4.69, 9.17) is 9.47 Å². The maximum Gasteiger partial charge on any atom is 0.257 e. The highest BCUT2D eigenvalue weighted by molar-refractivity contribution is 6.00. The topological polar surface area (TPSA) is 108 Å². The van der Waals surface area contributed by atoms with Gasteiger partial charge in [0.15, 0.2) is 0 Å². The maximum absolute atomic E-state index is 14.4. The summed E-state index contributed by atoms with van der Waals surface area (Å²) in [6, 6.07) is 16.7. The minimum atomic E-state index is -0.622. The van der Waals surface area contributed by atoms with Gasteiger partial charge in [0.25, 0.3) is 5.91 Å². The molecule has 1 atom stereocenters. The Balaban J connectivity index is 0.935. The van der Waals surface area contributed by atoms with E-state index in [-0.39, 0.29) is 29.4 Å². The van der Waals surface area contributed by atoms with Crippen molar-refractivity contribution in [1.82, 2.24) is 25.4 Å². The van der Waals surface area contributed by atoms with Crippen molar-refractivity contribution in [2.75, 3.05) is 32.8 Å². The first-order valence-electron chi connectivity index (χ1n) is 17.5. The van der Waals surface area contributed by atoms with Crippen LogP contribution in [-0.4, -0.2) is 83.4 Å². The van der Waals surface area contributed by atoms with Crippen LogP contribution in [0.15, 0.2) is 89.7 Å². The molecule has 50 heavy (non-hydrogen) atoms. The van der Waals surface area contributed by atoms with E-state index in [9.17, 15) is 14.0 Å². The lowest BCUT2D eigenvalue weighted by Crippen LogP contribution is -2.47. The number of pyridine rings is 1. The first kappa shape index (κ1) is 33.6. The molecular formula is C39H43FN6O4. The Morgan fingerprint density at radius 3 is 2.58 bits per heavy atom. The van der Waals surface area contributed by atoms with Crippen molar-refractivity contribution in [2.45, 2.75) is 63.7 Å². The van der Waals surface area contributed by atoms with Crippen LogP contribution in [0.3, 0.4) is 0 Å². The summed E-state index contributed by atoms with van der Waals surface area (Å²) in [7, 11) is 0. The molecule has 4 heterocycles. The zero-order valence-corrected chi connectivity index (χ0v) is 28.3. The predicted molar refractivity (Wildman–Crippen MR) is 189 cm³/mol. The molecule has 4 aliphatic rings. The quantitative estimate of drug-likeness (QED) is 0.303. The van der Waals surface area contributed by atoms with Gasteiger partial charge in [0, 0.05) is 44.0 Å². The average Bonchev–Trinajstić information content (AvgIpc) is 3.42. The van der Waals surface area contributed by atoms with E-state index in [2.05, 4.69) is 54.7 Å². The first-order valence-corrected chi connectivity index (χ1v) is 17.5. The third-order valence-corrected chi connectivity index (χ3v) is 9.76. The molecule has 2 fully saturated rings. The van der Waals surface area contributed by atoms with Crippen LogP contribution in [-0.2, 0) is 16.1 Å². The number of aliphatic imine (C=N–C) groups is 1. The van der Waals surface area contributed by atoms with Crippen LogP contribution in [0.5, 0.6) is 11.6 Å². The number of carbonyl (C=O) groups excluding carboxylic acids is 2. The van der Waals surface area contributed by atoms with E-state index in [0.29, 0.717) is 38.0 Å². The van der Waals surface area contributed by atoms with Crippen molar-refractivity contribution in [2.24, 2.45) is 4.99 Å². The molecule has 1 unspecified atom stereocenters. The van der Waals surface area contributed by atoms with Gasteiger partial charge in [-0.3, -0.25) is 19.5 Å². The molecule has 0 spiro atoms. The molecule has 1 aromatic heterocycles. The minimum absolute atomic E-state index is 0.00762. The number of nitrogens with zero attached hydrogens (tertiary/aromatic N) is 4. The van der Waals surface area contributed by atoms with Crippen LogP contribution in [0.25, 0.3) is 11.1 Å². The predicted octanol–water partition coefficient (Wildman–Crippen LogP) is 5.62. The van der Waals surface area contributed by atoms with E-state index in [1.807, 2.05) is 43.4 Å². The van der Waals surface area contributed by atoms with Gasteiger partial charge in [0.05, 0.1) is 19.3 Å². The fourth-order valence-electron chi connectivity index (χ4n) is 6.98. The lowest BCUT2D eigenvalue weighted by atomic mass is 9.90. The van der Waals surface area contributed by atoms with Crippen LogP contribution in [0.2, 0.25) is 0 Å². The molecule has 1 saturated carbocycles. The van der Waals surface area contributed by atoms with Gasteiger partial charge in [-0.15, -0.1) is 0 Å². The van der Waals surface area contributed by atoms with Crippen LogP contribution in [0.1, 0.15) is 54.9 Å². The highest BCUT2D eigenvalue weighted by Gasteiger charge is 2.33. The summed E-state index contributed by atoms with van der Waals surface area (Å²) in [5, 5.41) is 6.20. The Hall–Kier alpha value is -4.87. The van der Waals surface area contributed by atoms with Crippen LogP contribution < -0.4 is 15.4 Å². The molecule has 1 aliphatic carbocycles. The maximum atomic E-state index is 14.4. The molecule has 2 amide bonds. The molecule has 3 aromatic rings. The lowest BCUT2D eigenvalue weighted by Gasteiger charge is -2.30. The zero-order valence-electron chi connectivity index (χ0n) is 28.3. The second kappa shape index (κ2) is 15.3. The van der Waals surface area contributed by atoms with Crippen molar-refractivity contribution in [3.05, 3.63) is 102 Å². The Morgan fingerprint density at radius 1 is 0.980 bits per heavy atom. The summed E-state index contributed by atoms with van der Waals surface area (Å²) in [5.41, 5.74) is 4.34. The number of benzene rings is 2. The van der Waals surface area contributed by atoms with Gasteiger partial charge in [0.1, 0.15) is 29.0 Å². The average molecular weight is 679 g/mol. The SMILES string of the molecule is CC1=CC=CC2=NC(C(=O)NC3CCC(NC(=O)c4cc(F)cnc4Oc4cccc(-c5ccc(CN6CCCOCC6)cc5)c4)CC3)CN12. The largest absolute Gasteiger partial charge is 0.438 e. The number of hydrogen-bond acceptors (Lipinski definition) is 8. The number of fused-ring (bicyclic) bond motifs is 1. The highest BCUT2D eigenvalue weighted by Crippen LogP contribution is 2.30. The second-order valence-electron chi connectivity index (χ2n) is 13.4. The highest BCUT2D eigenvalue weighted by atomic mass is 19.1. The number of aromatic nitrogens is 1. The number of hydrogen-bond donors (Lipinski definition) is 2. The van der Waals surface area contributed by atoms with Crippen molar-refractivity contribution in [3.8, 4) is 22.8 Å². The van der Waals surface area contributed by atoms with Gasteiger partial charge >= 0.3 is 0 Å². The van der Waals surface area contributed by atoms with E-state index >= 15 is 0 Å². The van der Waals surface area contributed by atoms with E-state index in [1.54, 1.807) is 6.07 Å². The monoisotopic (exact) mass is 678 g/mol. The summed E-state index contributed by atoms with van der Waals surface area (Å²) < 4.78 is 26.0. The summed E-state index contributed by atoms with van der Waals surface area (Å²) in [5.74, 6) is 0.202. The van der Waals surface area contributed by atoms with Crippen LogP contribution >= 0.6 is 0 Å². The first-order chi connectivity index (χ1) is 24.4. The van der Waals surface area contributed by atoms with Crippen LogP contribution in [0, 0.1) is 5.82 Å². The van der Waals surface area contributed by atoms with Gasteiger partial charge in [-0.05, 0) is 86.1 Å². The van der Waals surface area contributed by atoms with Crippen molar-refractivity contribution in [1.29, 1.82) is 0 Å². The molecule has 0 bridgehead atoms. The molecule has 10 nitrogen and oxygen atoms in total.